The number of nitrogens with two attached hydrogens (primary N) is 1. The molecule has 0 fully saturated rings. The van der Waals surface area contributed by atoms with E-state index in [1.807, 2.05) is 26.1 Å². The van der Waals surface area contributed by atoms with E-state index in [1.54, 1.807) is 6.07 Å². The second kappa shape index (κ2) is 5.89. The Kier molecular flexibility index (Phi) is 3.81. The number of aromatic nitrogens is 1. The number of thioether (sulfide) groups is 1. The molecule has 25 heavy (non-hydrogen) atoms. The lowest BCUT2D eigenvalue weighted by atomic mass is 9.95. The number of aryl methyl sites for hydroxylation is 1. The second-order valence-electron chi connectivity index (χ2n) is 6.21. The van der Waals surface area contributed by atoms with Crippen LogP contribution in [0.3, 0.4) is 0 Å². The van der Waals surface area contributed by atoms with Crippen LogP contribution in [-0.4, -0.2) is 23.2 Å². The molecule has 0 atom stereocenters. The van der Waals surface area contributed by atoms with Gasteiger partial charge in [0.25, 0.3) is 5.91 Å². The van der Waals surface area contributed by atoms with Gasteiger partial charge in [-0.25, -0.2) is 4.39 Å². The van der Waals surface area contributed by atoms with E-state index in [0.717, 1.165) is 27.3 Å². The highest BCUT2D eigenvalue weighted by Crippen LogP contribution is 2.45. The molecule has 0 saturated heterocycles. The highest BCUT2D eigenvalue weighted by molar-refractivity contribution is 7.99. The lowest BCUT2D eigenvalue weighted by molar-refractivity contribution is 0.103. The van der Waals surface area contributed by atoms with Crippen LogP contribution in [0.5, 0.6) is 0 Å². The summed E-state index contributed by atoms with van der Waals surface area (Å²) < 4.78 is 14.6. The molecule has 128 valence electrons. The zero-order chi connectivity index (χ0) is 17.7. The minimum absolute atomic E-state index is 0.192. The monoisotopic (exact) mass is 355 g/mol. The largest absolute Gasteiger partial charge is 0.361 e. The number of benzene rings is 2. The molecule has 4 rings (SSSR count). The van der Waals surface area contributed by atoms with Crippen LogP contribution in [0.4, 0.5) is 10.1 Å². The van der Waals surface area contributed by atoms with Crippen molar-refractivity contribution in [2.75, 3.05) is 17.6 Å². The van der Waals surface area contributed by atoms with Crippen LogP contribution in [0.2, 0.25) is 0 Å². The van der Waals surface area contributed by atoms with Crippen LogP contribution in [0.1, 0.15) is 21.5 Å². The van der Waals surface area contributed by atoms with E-state index < -0.39 is 0 Å². The number of hydrogen-bond acceptors (Lipinski definition) is 3. The number of rotatable bonds is 4. The van der Waals surface area contributed by atoms with Gasteiger partial charge in [-0.15, -0.1) is 11.8 Å². The van der Waals surface area contributed by atoms with E-state index in [0.29, 0.717) is 34.3 Å². The first kappa shape index (κ1) is 16.2. The maximum absolute atomic E-state index is 14.6. The molecule has 2 heterocycles. The van der Waals surface area contributed by atoms with Crippen molar-refractivity contribution in [1.29, 1.82) is 0 Å². The van der Waals surface area contributed by atoms with Gasteiger partial charge in [0.2, 0.25) is 0 Å². The molecule has 1 amide bonds. The topological polar surface area (TPSA) is 70.9 Å². The van der Waals surface area contributed by atoms with E-state index >= 15 is 0 Å². The predicted octanol–water partition coefficient (Wildman–Crippen LogP) is 4.21. The van der Waals surface area contributed by atoms with E-state index in [2.05, 4.69) is 10.3 Å². The van der Waals surface area contributed by atoms with Gasteiger partial charge in [-0.05, 0) is 43.2 Å². The van der Waals surface area contributed by atoms with Crippen LogP contribution in [-0.2, 0) is 0 Å². The second-order valence-corrected chi connectivity index (χ2v) is 7.34. The summed E-state index contributed by atoms with van der Waals surface area (Å²) in [4.78, 5) is 16.7. The Morgan fingerprint density at radius 3 is 2.72 bits per heavy atom. The third-order valence-electron chi connectivity index (χ3n) is 4.72. The van der Waals surface area contributed by atoms with Gasteiger partial charge in [0.1, 0.15) is 5.82 Å². The molecule has 4 nitrogen and oxygen atoms in total. The summed E-state index contributed by atoms with van der Waals surface area (Å²) >= 11 is 1.51. The van der Waals surface area contributed by atoms with E-state index in [1.165, 1.54) is 17.8 Å². The normalized spacial score (nSPS) is 12.9. The van der Waals surface area contributed by atoms with Gasteiger partial charge < -0.3 is 16.0 Å². The number of hydrogen-bond donors (Lipinski definition) is 3. The Balaban J connectivity index is 2.10. The Bertz CT molecular complexity index is 1030. The fraction of sp³-hybridized carbons (Fsp3) is 0.211. The Labute approximate surface area is 149 Å². The van der Waals surface area contributed by atoms with Gasteiger partial charge in [0, 0.05) is 51.1 Å². The van der Waals surface area contributed by atoms with Crippen molar-refractivity contribution in [3.8, 4) is 11.3 Å². The fourth-order valence-electron chi connectivity index (χ4n) is 3.37. The van der Waals surface area contributed by atoms with Crippen molar-refractivity contribution in [1.82, 2.24) is 4.98 Å². The van der Waals surface area contributed by atoms with Crippen LogP contribution in [0, 0.1) is 19.7 Å². The molecular weight excluding hydrogens is 337 g/mol. The highest BCUT2D eigenvalue weighted by atomic mass is 32.2. The summed E-state index contributed by atoms with van der Waals surface area (Å²) in [5.41, 5.74) is 10.7. The number of carbonyl (C=O) groups excluding carboxylic acids is 1. The molecule has 1 aliphatic rings. The van der Waals surface area contributed by atoms with Gasteiger partial charge in [-0.3, -0.25) is 4.79 Å². The summed E-state index contributed by atoms with van der Waals surface area (Å²) in [6, 6.07) is 4.94. The van der Waals surface area contributed by atoms with Gasteiger partial charge in [-0.1, -0.05) is 0 Å². The number of nitrogens with one attached hydrogen (secondary N) is 2. The number of carbonyl (C=O) groups is 1. The minimum atomic E-state index is -0.318. The number of halogens is 1. The molecule has 1 aliphatic heterocycles. The minimum Gasteiger partial charge on any atom is -0.361 e. The molecule has 0 saturated carbocycles. The van der Waals surface area contributed by atoms with Crippen molar-refractivity contribution in [2.45, 2.75) is 18.7 Å². The van der Waals surface area contributed by atoms with Crippen LogP contribution >= 0.6 is 11.8 Å². The molecular formula is C19H18FN3OS. The maximum atomic E-state index is 14.6. The molecule has 0 unspecified atom stereocenters. The highest BCUT2D eigenvalue weighted by Gasteiger charge is 2.29. The SMILES string of the molecule is Cc1c[nH]c(-c2cc(SCCN)c3c(F)ccc4c3c2C(=O)N4)c1C. The van der Waals surface area contributed by atoms with Crippen molar-refractivity contribution in [2.24, 2.45) is 5.73 Å². The summed E-state index contributed by atoms with van der Waals surface area (Å²) in [5.74, 6) is 0.173. The molecule has 3 aromatic rings. The van der Waals surface area contributed by atoms with Gasteiger partial charge in [0.05, 0.1) is 5.56 Å². The fourth-order valence-corrected chi connectivity index (χ4v) is 4.25. The van der Waals surface area contributed by atoms with Crippen LogP contribution < -0.4 is 11.1 Å². The summed E-state index contributed by atoms with van der Waals surface area (Å²) in [6.07, 6.45) is 1.92. The molecule has 4 N–H and O–H groups in total. The third kappa shape index (κ3) is 2.36. The molecule has 0 radical (unpaired) electrons. The molecule has 0 bridgehead atoms. The zero-order valence-corrected chi connectivity index (χ0v) is 14.8. The summed E-state index contributed by atoms with van der Waals surface area (Å²) in [7, 11) is 0. The first-order valence-electron chi connectivity index (χ1n) is 8.11. The Hall–Kier alpha value is -2.31. The average Bonchev–Trinajstić information content (AvgIpc) is 3.10. The van der Waals surface area contributed by atoms with Gasteiger partial charge in [0.15, 0.2) is 0 Å². The molecule has 6 heteroatoms. The molecule has 0 aliphatic carbocycles. The average molecular weight is 355 g/mol. The lowest BCUT2D eigenvalue weighted by Crippen LogP contribution is -2.06. The first-order chi connectivity index (χ1) is 12.0. The molecule has 1 aromatic heterocycles. The molecule has 2 aromatic carbocycles. The standard InChI is InChI=1S/C19H18FN3OS/c1-9-8-22-18(10(9)2)11-7-14(25-6-5-21)16-12(20)3-4-13-17(16)15(11)19(24)23-13/h3-4,7-8,22H,5-6,21H2,1-2H3,(H,23,24). The number of amides is 1. The van der Waals surface area contributed by atoms with Gasteiger partial charge in [-0.2, -0.15) is 0 Å². The van der Waals surface area contributed by atoms with Crippen LogP contribution in [0.15, 0.2) is 29.3 Å². The number of anilines is 1. The van der Waals surface area contributed by atoms with Crippen LogP contribution in [0.25, 0.3) is 22.0 Å². The summed E-state index contributed by atoms with van der Waals surface area (Å²) in [6.45, 7) is 4.54. The lowest BCUT2D eigenvalue weighted by Gasteiger charge is -2.13. The van der Waals surface area contributed by atoms with E-state index in [9.17, 15) is 9.18 Å². The Morgan fingerprint density at radius 2 is 2.04 bits per heavy atom. The third-order valence-corrected chi connectivity index (χ3v) is 5.79. The number of aromatic amines is 1. The molecule has 0 spiro atoms. The maximum Gasteiger partial charge on any atom is 0.257 e. The van der Waals surface area contributed by atoms with Gasteiger partial charge >= 0.3 is 0 Å². The zero-order valence-electron chi connectivity index (χ0n) is 14.0. The van der Waals surface area contributed by atoms with Crippen molar-refractivity contribution in [3.63, 3.8) is 0 Å². The quantitative estimate of drug-likeness (QED) is 0.614. The van der Waals surface area contributed by atoms with Crippen molar-refractivity contribution in [3.05, 3.63) is 46.9 Å². The Morgan fingerprint density at radius 1 is 1.24 bits per heavy atom. The van der Waals surface area contributed by atoms with E-state index in [-0.39, 0.29) is 11.7 Å². The predicted molar refractivity (Wildman–Crippen MR) is 101 cm³/mol. The van der Waals surface area contributed by atoms with E-state index in [4.69, 9.17) is 5.73 Å². The smallest absolute Gasteiger partial charge is 0.257 e. The number of H-pyrrole nitrogens is 1. The van der Waals surface area contributed by atoms with Crippen molar-refractivity contribution >= 4 is 34.1 Å². The summed E-state index contributed by atoms with van der Waals surface area (Å²) in [5, 5.41) is 4.02. The first-order valence-corrected chi connectivity index (χ1v) is 9.10. The van der Waals surface area contributed by atoms with Crippen molar-refractivity contribution < 1.29 is 9.18 Å².